The predicted octanol–water partition coefficient (Wildman–Crippen LogP) is 0.771. The first kappa shape index (κ1) is 11.7. The first-order valence-corrected chi connectivity index (χ1v) is 6.17. The number of nitrogen functional groups attached to an aromatic ring is 1. The molecule has 0 saturated carbocycles. The van der Waals surface area contributed by atoms with Crippen molar-refractivity contribution in [3.63, 3.8) is 0 Å². The van der Waals surface area contributed by atoms with Gasteiger partial charge in [0.25, 0.3) is 5.91 Å². The third-order valence-electron chi connectivity index (χ3n) is 3.58. The second-order valence-corrected chi connectivity index (χ2v) is 4.64. The van der Waals surface area contributed by atoms with Crippen LogP contribution in [-0.4, -0.2) is 16.6 Å². The summed E-state index contributed by atoms with van der Waals surface area (Å²) in [5.41, 5.74) is 6.75. The van der Waals surface area contributed by atoms with E-state index in [0.29, 0.717) is 5.56 Å². The average molecular weight is 257 g/mol. The number of hydrazine groups is 1. The van der Waals surface area contributed by atoms with E-state index in [4.69, 9.17) is 11.7 Å². The Morgan fingerprint density at radius 1 is 1.37 bits per heavy atom. The predicted molar refractivity (Wildman–Crippen MR) is 73.6 cm³/mol. The number of nitrogens with two attached hydrogens (primary N) is 2. The smallest absolute Gasteiger partial charge is 0.265 e. The highest BCUT2D eigenvalue weighted by Gasteiger charge is 2.21. The molecule has 1 aliphatic carbocycles. The van der Waals surface area contributed by atoms with E-state index in [-0.39, 0.29) is 5.91 Å². The molecule has 0 fully saturated rings. The first-order valence-electron chi connectivity index (χ1n) is 6.17. The molecular formula is C13H15N5O. The van der Waals surface area contributed by atoms with E-state index in [9.17, 15) is 4.79 Å². The van der Waals surface area contributed by atoms with Crippen LogP contribution in [0.3, 0.4) is 0 Å². The molecule has 1 aromatic carbocycles. The van der Waals surface area contributed by atoms with Gasteiger partial charge in [-0.05, 0) is 43.0 Å². The molecule has 3 rings (SSSR count). The minimum atomic E-state index is -0.291. The van der Waals surface area contributed by atoms with Crippen molar-refractivity contribution >= 4 is 22.5 Å². The second-order valence-electron chi connectivity index (χ2n) is 4.64. The number of aromatic amines is 1. The summed E-state index contributed by atoms with van der Waals surface area (Å²) in [5, 5.41) is 4.88. The molecular weight excluding hydrogens is 242 g/mol. The Bertz CT molecular complexity index is 686. The number of hydrazone groups is 1. The Hall–Kier alpha value is -2.34. The van der Waals surface area contributed by atoms with E-state index in [2.05, 4.69) is 15.5 Å². The molecule has 0 bridgehead atoms. The van der Waals surface area contributed by atoms with Crippen molar-refractivity contribution in [3.05, 3.63) is 35.0 Å². The number of aryl methyl sites for hydroxylation is 1. The lowest BCUT2D eigenvalue weighted by Gasteiger charge is -2.12. The van der Waals surface area contributed by atoms with Crippen molar-refractivity contribution in [1.82, 2.24) is 10.4 Å². The molecule has 0 radical (unpaired) electrons. The van der Waals surface area contributed by atoms with Gasteiger partial charge >= 0.3 is 0 Å². The summed E-state index contributed by atoms with van der Waals surface area (Å²) in [6, 6.07) is 5.48. The summed E-state index contributed by atoms with van der Waals surface area (Å²) in [6.45, 7) is 0. The zero-order valence-corrected chi connectivity index (χ0v) is 10.4. The van der Waals surface area contributed by atoms with Crippen molar-refractivity contribution in [2.24, 2.45) is 16.8 Å². The van der Waals surface area contributed by atoms with Crippen LogP contribution in [0.2, 0.25) is 0 Å². The fraction of sp³-hybridized carbons (Fsp3) is 0.231. The zero-order chi connectivity index (χ0) is 13.4. The van der Waals surface area contributed by atoms with E-state index in [1.165, 1.54) is 5.56 Å². The average Bonchev–Trinajstić information content (AvgIpc) is 2.84. The van der Waals surface area contributed by atoms with Gasteiger partial charge in [0.1, 0.15) is 0 Å². The van der Waals surface area contributed by atoms with Crippen molar-refractivity contribution in [2.45, 2.75) is 19.3 Å². The topological polar surface area (TPSA) is 109 Å². The van der Waals surface area contributed by atoms with Crippen LogP contribution >= 0.6 is 0 Å². The number of carbonyl (C=O) groups is 1. The molecule has 1 aromatic heterocycles. The van der Waals surface area contributed by atoms with E-state index in [1.807, 2.05) is 12.1 Å². The molecule has 0 aliphatic heterocycles. The molecule has 19 heavy (non-hydrogen) atoms. The number of hydrogen-bond acceptors (Lipinski definition) is 4. The summed E-state index contributed by atoms with van der Waals surface area (Å²) in [7, 11) is 0. The third kappa shape index (κ3) is 1.77. The van der Waals surface area contributed by atoms with Gasteiger partial charge in [-0.2, -0.15) is 5.10 Å². The molecule has 0 atom stereocenters. The number of rotatable bonds is 1. The maximum absolute atomic E-state index is 11.6. The van der Waals surface area contributed by atoms with Gasteiger partial charge in [0.2, 0.25) is 0 Å². The van der Waals surface area contributed by atoms with Crippen LogP contribution in [0.1, 0.15) is 34.5 Å². The molecule has 6 nitrogen and oxygen atoms in total. The van der Waals surface area contributed by atoms with Crippen LogP contribution in [0.25, 0.3) is 10.9 Å². The number of aromatic nitrogens is 1. The number of carbonyl (C=O) groups excluding carboxylic acids is 1. The Morgan fingerprint density at radius 3 is 2.95 bits per heavy atom. The number of H-pyrrole nitrogens is 1. The minimum Gasteiger partial charge on any atom is -0.353 e. The second kappa shape index (κ2) is 4.40. The number of benzene rings is 1. The summed E-state index contributed by atoms with van der Waals surface area (Å²) in [5.74, 6) is 10.3. The van der Waals surface area contributed by atoms with Gasteiger partial charge in [0.05, 0.1) is 11.4 Å². The number of hydrogen-bond donors (Lipinski definition) is 4. The van der Waals surface area contributed by atoms with Crippen LogP contribution in [0.15, 0.2) is 23.3 Å². The monoisotopic (exact) mass is 257 g/mol. The molecule has 6 N–H and O–H groups in total. The van der Waals surface area contributed by atoms with Crippen molar-refractivity contribution < 1.29 is 4.79 Å². The summed E-state index contributed by atoms with van der Waals surface area (Å²) >= 11 is 0. The van der Waals surface area contributed by atoms with E-state index >= 15 is 0 Å². The van der Waals surface area contributed by atoms with Gasteiger partial charge < -0.3 is 10.8 Å². The van der Waals surface area contributed by atoms with Gasteiger partial charge in [-0.3, -0.25) is 10.2 Å². The highest BCUT2D eigenvalue weighted by molar-refractivity contribution is 6.07. The Labute approximate surface area is 109 Å². The first-order chi connectivity index (χ1) is 9.24. The molecule has 0 unspecified atom stereocenters. The fourth-order valence-corrected chi connectivity index (χ4v) is 2.66. The largest absolute Gasteiger partial charge is 0.353 e. The van der Waals surface area contributed by atoms with E-state index < -0.39 is 0 Å². The lowest BCUT2D eigenvalue weighted by Crippen LogP contribution is -2.29. The van der Waals surface area contributed by atoms with E-state index in [0.717, 1.165) is 41.6 Å². The highest BCUT2D eigenvalue weighted by Crippen LogP contribution is 2.29. The number of nitrogens with one attached hydrogen (secondary N) is 2. The SMILES string of the molecule is N/N=C1\CCCc2c1[nH]c1ccc(C(=O)NN)cc21. The summed E-state index contributed by atoms with van der Waals surface area (Å²) in [4.78, 5) is 14.9. The summed E-state index contributed by atoms with van der Waals surface area (Å²) < 4.78 is 0. The van der Waals surface area contributed by atoms with Crippen LogP contribution < -0.4 is 17.1 Å². The van der Waals surface area contributed by atoms with Gasteiger partial charge in [0, 0.05) is 16.5 Å². The van der Waals surface area contributed by atoms with Crippen molar-refractivity contribution in [3.8, 4) is 0 Å². The zero-order valence-electron chi connectivity index (χ0n) is 10.4. The quantitative estimate of drug-likeness (QED) is 0.344. The fourth-order valence-electron chi connectivity index (χ4n) is 2.66. The van der Waals surface area contributed by atoms with Gasteiger partial charge in [0.15, 0.2) is 0 Å². The molecule has 98 valence electrons. The molecule has 0 spiro atoms. The van der Waals surface area contributed by atoms with Gasteiger partial charge in [-0.15, -0.1) is 0 Å². The maximum Gasteiger partial charge on any atom is 0.265 e. The van der Waals surface area contributed by atoms with Crippen LogP contribution in [0, 0.1) is 0 Å². The summed E-state index contributed by atoms with van der Waals surface area (Å²) in [6.07, 6.45) is 2.86. The number of amides is 1. The molecule has 1 aliphatic rings. The van der Waals surface area contributed by atoms with Crippen molar-refractivity contribution in [1.29, 1.82) is 0 Å². The Morgan fingerprint density at radius 2 is 2.21 bits per heavy atom. The van der Waals surface area contributed by atoms with Crippen LogP contribution in [0.4, 0.5) is 0 Å². The Balaban J connectivity index is 2.21. The number of nitrogens with zero attached hydrogens (tertiary/aromatic N) is 1. The normalized spacial score (nSPS) is 16.6. The molecule has 2 aromatic rings. The standard InChI is InChI=1S/C13H15N5O/c14-17-11-3-1-2-8-9-6-7(13(19)18-15)4-5-10(9)16-12(8)11/h4-6,16H,1-3,14-15H2,(H,18,19)/b17-11+. The lowest BCUT2D eigenvalue weighted by molar-refractivity contribution is 0.0954. The van der Waals surface area contributed by atoms with Crippen molar-refractivity contribution in [2.75, 3.05) is 0 Å². The van der Waals surface area contributed by atoms with E-state index in [1.54, 1.807) is 6.07 Å². The third-order valence-corrected chi connectivity index (χ3v) is 3.58. The van der Waals surface area contributed by atoms with Gasteiger partial charge in [-0.25, -0.2) is 5.84 Å². The van der Waals surface area contributed by atoms with Crippen LogP contribution in [-0.2, 0) is 6.42 Å². The van der Waals surface area contributed by atoms with Crippen LogP contribution in [0.5, 0.6) is 0 Å². The number of fused-ring (bicyclic) bond motifs is 3. The molecule has 0 saturated heterocycles. The van der Waals surface area contributed by atoms with Gasteiger partial charge in [-0.1, -0.05) is 0 Å². The Kier molecular flexibility index (Phi) is 2.72. The highest BCUT2D eigenvalue weighted by atomic mass is 16.2. The molecule has 6 heteroatoms. The minimum absolute atomic E-state index is 0.291. The molecule has 1 heterocycles. The maximum atomic E-state index is 11.6. The molecule has 1 amide bonds. The lowest BCUT2D eigenvalue weighted by atomic mass is 9.93.